The molecular weight excluding hydrogens is 252 g/mol. The maximum atomic E-state index is 11.7. The van der Waals surface area contributed by atoms with E-state index in [0.29, 0.717) is 5.92 Å². The summed E-state index contributed by atoms with van der Waals surface area (Å²) in [6.45, 7) is 10.1. The minimum atomic E-state index is -0.242. The highest BCUT2D eigenvalue weighted by atomic mass is 16.5. The highest BCUT2D eigenvalue weighted by Crippen LogP contribution is 2.27. The minimum absolute atomic E-state index is 0.0241. The van der Waals surface area contributed by atoms with Gasteiger partial charge >= 0.3 is 0 Å². The topological polar surface area (TPSA) is 50.7 Å². The van der Waals surface area contributed by atoms with E-state index in [0.717, 1.165) is 29.0 Å². The summed E-state index contributed by atoms with van der Waals surface area (Å²) in [6, 6.07) is 6.06. The zero-order chi connectivity index (χ0) is 15.1. The highest BCUT2D eigenvalue weighted by Gasteiger charge is 2.10. The normalized spacial score (nSPS) is 11.6. The van der Waals surface area contributed by atoms with Gasteiger partial charge in [0.05, 0.1) is 0 Å². The number of carbonyl (C=O) groups is 1. The molecule has 4 heteroatoms. The number of hydrogen-bond donors (Lipinski definition) is 1. The molecule has 0 bridgehead atoms. The van der Waals surface area contributed by atoms with E-state index in [-0.39, 0.29) is 12.5 Å². The second-order valence-corrected chi connectivity index (χ2v) is 5.22. The Hall–Kier alpha value is -1.84. The molecule has 0 unspecified atom stereocenters. The van der Waals surface area contributed by atoms with Crippen molar-refractivity contribution in [3.63, 3.8) is 0 Å². The average molecular weight is 276 g/mol. The van der Waals surface area contributed by atoms with Crippen molar-refractivity contribution in [3.05, 3.63) is 29.3 Å². The average Bonchev–Trinajstić information content (AvgIpc) is 2.42. The van der Waals surface area contributed by atoms with Gasteiger partial charge in [0.1, 0.15) is 5.75 Å². The predicted molar refractivity (Wildman–Crippen MR) is 82.3 cm³/mol. The van der Waals surface area contributed by atoms with Gasteiger partial charge in [0.15, 0.2) is 6.61 Å². The first kappa shape index (κ1) is 16.2. The van der Waals surface area contributed by atoms with E-state index in [2.05, 4.69) is 30.4 Å². The van der Waals surface area contributed by atoms with Gasteiger partial charge in [-0.25, -0.2) is 5.43 Å². The van der Waals surface area contributed by atoms with E-state index in [1.54, 1.807) is 0 Å². The van der Waals surface area contributed by atoms with E-state index >= 15 is 0 Å². The molecule has 1 aromatic rings. The second kappa shape index (κ2) is 7.68. The van der Waals surface area contributed by atoms with Gasteiger partial charge in [-0.15, -0.1) is 0 Å². The molecule has 0 fully saturated rings. The maximum Gasteiger partial charge on any atom is 0.277 e. The summed E-state index contributed by atoms with van der Waals surface area (Å²) in [4.78, 5) is 11.7. The fraction of sp³-hybridized carbons (Fsp3) is 0.500. The molecule has 0 heterocycles. The van der Waals surface area contributed by atoms with Crippen LogP contribution >= 0.6 is 0 Å². The number of amides is 1. The second-order valence-electron chi connectivity index (χ2n) is 5.22. The first-order chi connectivity index (χ1) is 9.43. The number of benzene rings is 1. The molecule has 4 nitrogen and oxygen atoms in total. The molecule has 0 saturated heterocycles. The summed E-state index contributed by atoms with van der Waals surface area (Å²) >= 11 is 0. The largest absolute Gasteiger partial charge is 0.483 e. The summed E-state index contributed by atoms with van der Waals surface area (Å²) in [6.07, 6.45) is 0.816. The Bertz CT molecular complexity index is 493. The van der Waals surface area contributed by atoms with Gasteiger partial charge < -0.3 is 4.74 Å². The van der Waals surface area contributed by atoms with Crippen LogP contribution in [0.5, 0.6) is 5.75 Å². The van der Waals surface area contributed by atoms with Crippen LogP contribution in [-0.4, -0.2) is 18.2 Å². The van der Waals surface area contributed by atoms with Crippen LogP contribution in [0.1, 0.15) is 51.2 Å². The smallest absolute Gasteiger partial charge is 0.277 e. The molecule has 0 aliphatic heterocycles. The van der Waals surface area contributed by atoms with Crippen LogP contribution in [0.4, 0.5) is 0 Å². The van der Waals surface area contributed by atoms with Crippen LogP contribution in [0.25, 0.3) is 0 Å². The molecule has 0 aromatic heterocycles. The first-order valence-electron chi connectivity index (χ1n) is 6.99. The van der Waals surface area contributed by atoms with E-state index in [1.807, 2.05) is 32.9 Å². The van der Waals surface area contributed by atoms with E-state index in [1.165, 1.54) is 0 Å². The Morgan fingerprint density at radius 1 is 1.40 bits per heavy atom. The maximum absolute atomic E-state index is 11.7. The third-order valence-corrected chi connectivity index (χ3v) is 3.03. The zero-order valence-electron chi connectivity index (χ0n) is 13.0. The molecule has 20 heavy (non-hydrogen) atoms. The lowest BCUT2D eigenvalue weighted by Gasteiger charge is -2.14. The number of ether oxygens (including phenoxy) is 1. The van der Waals surface area contributed by atoms with Crippen molar-refractivity contribution >= 4 is 11.6 Å². The number of carbonyl (C=O) groups excluding carboxylic acids is 1. The first-order valence-corrected chi connectivity index (χ1v) is 6.99. The Morgan fingerprint density at radius 2 is 2.10 bits per heavy atom. The summed E-state index contributed by atoms with van der Waals surface area (Å²) in [7, 11) is 0. The van der Waals surface area contributed by atoms with Crippen molar-refractivity contribution in [2.45, 2.75) is 47.0 Å². The lowest BCUT2D eigenvalue weighted by atomic mass is 10.0. The number of rotatable bonds is 6. The predicted octanol–water partition coefficient (Wildman–Crippen LogP) is 3.40. The fourth-order valence-electron chi connectivity index (χ4n) is 1.66. The fourth-order valence-corrected chi connectivity index (χ4v) is 1.66. The minimum Gasteiger partial charge on any atom is -0.483 e. The lowest BCUT2D eigenvalue weighted by molar-refractivity contribution is -0.123. The number of hydrogen-bond acceptors (Lipinski definition) is 3. The van der Waals surface area contributed by atoms with Crippen LogP contribution in [0, 0.1) is 6.92 Å². The zero-order valence-corrected chi connectivity index (χ0v) is 13.0. The van der Waals surface area contributed by atoms with Crippen LogP contribution in [0.3, 0.4) is 0 Å². The number of hydrazone groups is 1. The monoisotopic (exact) mass is 276 g/mol. The summed E-state index contributed by atoms with van der Waals surface area (Å²) < 4.78 is 5.63. The van der Waals surface area contributed by atoms with Gasteiger partial charge in [-0.1, -0.05) is 32.9 Å². The molecule has 0 spiro atoms. The number of nitrogens with one attached hydrogen (secondary N) is 1. The molecule has 110 valence electrons. The van der Waals surface area contributed by atoms with Gasteiger partial charge in [-0.2, -0.15) is 5.10 Å². The molecule has 1 N–H and O–H groups in total. The highest BCUT2D eigenvalue weighted by molar-refractivity contribution is 5.84. The van der Waals surface area contributed by atoms with Crippen LogP contribution in [0.15, 0.2) is 23.3 Å². The van der Waals surface area contributed by atoms with Crippen molar-refractivity contribution in [3.8, 4) is 5.75 Å². The molecule has 0 aliphatic carbocycles. The van der Waals surface area contributed by atoms with Gasteiger partial charge in [0.25, 0.3) is 5.91 Å². The Balaban J connectivity index is 2.65. The van der Waals surface area contributed by atoms with Gasteiger partial charge in [0.2, 0.25) is 0 Å². The summed E-state index contributed by atoms with van der Waals surface area (Å²) in [5.41, 5.74) is 5.60. The standard InChI is InChI=1S/C16H24N2O2/c1-6-13(5)17-18-16(19)10-20-15-9-12(4)7-8-14(15)11(2)3/h7-9,11H,6,10H2,1-5H3,(H,18,19)/b17-13-. The molecular formula is C16H24N2O2. The number of nitrogens with zero attached hydrogens (tertiary/aromatic N) is 1. The third-order valence-electron chi connectivity index (χ3n) is 3.03. The van der Waals surface area contributed by atoms with Gasteiger partial charge in [-0.3, -0.25) is 4.79 Å². The van der Waals surface area contributed by atoms with Crippen LogP contribution in [-0.2, 0) is 4.79 Å². The molecule has 1 rings (SSSR count). The van der Waals surface area contributed by atoms with Crippen molar-refractivity contribution < 1.29 is 9.53 Å². The molecule has 1 aromatic carbocycles. The van der Waals surface area contributed by atoms with Crippen LogP contribution < -0.4 is 10.2 Å². The molecule has 0 atom stereocenters. The Labute approximate surface area is 121 Å². The van der Waals surface area contributed by atoms with Gasteiger partial charge in [-0.05, 0) is 43.4 Å². The lowest BCUT2D eigenvalue weighted by Crippen LogP contribution is -2.25. The van der Waals surface area contributed by atoms with E-state index in [4.69, 9.17) is 4.74 Å². The summed E-state index contributed by atoms with van der Waals surface area (Å²) in [5.74, 6) is 0.884. The Morgan fingerprint density at radius 3 is 2.70 bits per heavy atom. The molecule has 0 saturated carbocycles. The molecule has 1 amide bonds. The van der Waals surface area contributed by atoms with Crippen molar-refractivity contribution in [2.75, 3.05) is 6.61 Å². The third kappa shape index (κ3) is 5.03. The molecule has 0 radical (unpaired) electrons. The quantitative estimate of drug-likeness (QED) is 0.639. The van der Waals surface area contributed by atoms with Crippen LogP contribution in [0.2, 0.25) is 0 Å². The molecule has 0 aliphatic rings. The number of aryl methyl sites for hydroxylation is 1. The van der Waals surface area contributed by atoms with Crippen molar-refractivity contribution in [1.82, 2.24) is 5.43 Å². The van der Waals surface area contributed by atoms with Crippen molar-refractivity contribution in [2.24, 2.45) is 5.10 Å². The van der Waals surface area contributed by atoms with E-state index in [9.17, 15) is 4.79 Å². The van der Waals surface area contributed by atoms with Gasteiger partial charge in [0, 0.05) is 5.71 Å². The Kier molecular flexibility index (Phi) is 6.22. The van der Waals surface area contributed by atoms with E-state index < -0.39 is 0 Å². The SMILES string of the molecule is CC/C(C)=N\NC(=O)COc1cc(C)ccc1C(C)C. The summed E-state index contributed by atoms with van der Waals surface area (Å²) in [5, 5.41) is 3.97. The van der Waals surface area contributed by atoms with Crippen molar-refractivity contribution in [1.29, 1.82) is 0 Å².